The van der Waals surface area contributed by atoms with E-state index in [0.717, 1.165) is 42.2 Å². The van der Waals surface area contributed by atoms with Crippen LogP contribution in [0, 0.1) is 5.41 Å². The Morgan fingerprint density at radius 1 is 1.03 bits per heavy atom. The van der Waals surface area contributed by atoms with Gasteiger partial charge >= 0.3 is 5.97 Å². The second-order valence-electron chi connectivity index (χ2n) is 10.4. The van der Waals surface area contributed by atoms with Crippen molar-refractivity contribution in [3.05, 3.63) is 71.5 Å². The van der Waals surface area contributed by atoms with E-state index in [-0.39, 0.29) is 36.4 Å². The number of amides is 1. The zero-order valence-corrected chi connectivity index (χ0v) is 21.6. The number of carbonyl (C=O) groups excluding carboxylic acids is 2. The van der Waals surface area contributed by atoms with Crippen molar-refractivity contribution in [3.8, 4) is 0 Å². The van der Waals surface area contributed by atoms with Gasteiger partial charge in [-0.15, -0.1) is 0 Å². The summed E-state index contributed by atoms with van der Waals surface area (Å²) < 4.78 is 16.8. The third-order valence-corrected chi connectivity index (χ3v) is 6.21. The maximum Gasteiger partial charge on any atom is 0.332 e. The Hall–Kier alpha value is -3.65. The van der Waals surface area contributed by atoms with Crippen LogP contribution in [0.4, 0.5) is 0 Å². The standard InChI is InChI=1S/C29H35N3O5/c1-29(2,3)37-26(33)18-35-23-12-10-22(11-13-23)32-28(34)25-16-21-15-20(9-14-24(21)36-25)27(30)31-17-19-7-5-4-6-8-19/h4-9,14-16,22-23H,10-13,17-18H2,1-3H3,(H2,30,31)(H,32,34)/t22-,23-. The average molecular weight is 506 g/mol. The summed E-state index contributed by atoms with van der Waals surface area (Å²) in [6, 6.07) is 17.1. The van der Waals surface area contributed by atoms with Gasteiger partial charge in [0.1, 0.15) is 23.6 Å². The Morgan fingerprint density at radius 2 is 1.76 bits per heavy atom. The van der Waals surface area contributed by atoms with Crippen LogP contribution in [0.5, 0.6) is 0 Å². The normalized spacial score (nSPS) is 17.8. The van der Waals surface area contributed by atoms with Crippen LogP contribution < -0.4 is 10.6 Å². The maximum atomic E-state index is 12.8. The summed E-state index contributed by atoms with van der Waals surface area (Å²) in [7, 11) is 0. The fraction of sp³-hybridized carbons (Fsp3) is 0.414. The smallest absolute Gasteiger partial charge is 0.332 e. The number of esters is 1. The van der Waals surface area contributed by atoms with Crippen molar-refractivity contribution in [1.82, 2.24) is 10.6 Å². The Labute approximate surface area is 217 Å². The molecule has 8 nitrogen and oxygen atoms in total. The summed E-state index contributed by atoms with van der Waals surface area (Å²) in [6.45, 7) is 5.99. The molecule has 1 fully saturated rings. The minimum atomic E-state index is -0.526. The number of nitrogens with one attached hydrogen (secondary N) is 3. The molecule has 8 heteroatoms. The lowest BCUT2D eigenvalue weighted by Crippen LogP contribution is -2.39. The van der Waals surface area contributed by atoms with Gasteiger partial charge in [-0.3, -0.25) is 10.2 Å². The van der Waals surface area contributed by atoms with Crippen LogP contribution in [0.25, 0.3) is 11.0 Å². The molecule has 4 rings (SSSR count). The van der Waals surface area contributed by atoms with E-state index in [9.17, 15) is 9.59 Å². The molecule has 0 radical (unpaired) electrons. The first-order valence-electron chi connectivity index (χ1n) is 12.7. The molecule has 3 aromatic rings. The molecular formula is C29H35N3O5. The fourth-order valence-electron chi connectivity index (χ4n) is 4.39. The highest BCUT2D eigenvalue weighted by Gasteiger charge is 2.26. The van der Waals surface area contributed by atoms with Crippen LogP contribution in [0.15, 0.2) is 59.0 Å². The first-order valence-corrected chi connectivity index (χ1v) is 12.7. The number of amidine groups is 1. The van der Waals surface area contributed by atoms with Gasteiger partial charge in [0, 0.05) is 23.5 Å². The molecule has 2 aromatic carbocycles. The molecule has 1 saturated carbocycles. The molecule has 1 heterocycles. The summed E-state index contributed by atoms with van der Waals surface area (Å²) in [5, 5.41) is 15.3. The van der Waals surface area contributed by atoms with E-state index in [1.165, 1.54) is 0 Å². The van der Waals surface area contributed by atoms with E-state index in [1.807, 2.05) is 63.2 Å². The number of benzene rings is 2. The fourth-order valence-corrected chi connectivity index (χ4v) is 4.39. The van der Waals surface area contributed by atoms with Crippen LogP contribution in [0.1, 0.15) is 68.1 Å². The molecular weight excluding hydrogens is 470 g/mol. The van der Waals surface area contributed by atoms with Gasteiger partial charge in [-0.2, -0.15) is 0 Å². The highest BCUT2D eigenvalue weighted by atomic mass is 16.6. The van der Waals surface area contributed by atoms with E-state index < -0.39 is 5.60 Å². The van der Waals surface area contributed by atoms with Crippen molar-refractivity contribution in [2.45, 2.75) is 70.7 Å². The summed E-state index contributed by atoms with van der Waals surface area (Å²) in [5.41, 5.74) is 1.89. The van der Waals surface area contributed by atoms with Gasteiger partial charge < -0.3 is 24.5 Å². The van der Waals surface area contributed by atoms with Gasteiger partial charge in [-0.1, -0.05) is 30.3 Å². The molecule has 0 spiro atoms. The highest BCUT2D eigenvalue weighted by molar-refractivity contribution is 6.01. The lowest BCUT2D eigenvalue weighted by molar-refractivity contribution is -0.162. The summed E-state index contributed by atoms with van der Waals surface area (Å²) >= 11 is 0. The largest absolute Gasteiger partial charge is 0.458 e. The molecule has 1 amide bonds. The predicted octanol–water partition coefficient (Wildman–Crippen LogP) is 4.95. The van der Waals surface area contributed by atoms with Crippen LogP contribution in [-0.2, 0) is 20.8 Å². The van der Waals surface area contributed by atoms with E-state index in [4.69, 9.17) is 19.3 Å². The molecule has 1 aliphatic carbocycles. The van der Waals surface area contributed by atoms with E-state index in [0.29, 0.717) is 18.0 Å². The highest BCUT2D eigenvalue weighted by Crippen LogP contribution is 2.24. The van der Waals surface area contributed by atoms with Crippen LogP contribution >= 0.6 is 0 Å². The van der Waals surface area contributed by atoms with E-state index >= 15 is 0 Å². The van der Waals surface area contributed by atoms with Gasteiger partial charge in [-0.05, 0) is 76.3 Å². The lowest BCUT2D eigenvalue weighted by Gasteiger charge is -2.29. The molecule has 0 aliphatic heterocycles. The van der Waals surface area contributed by atoms with Gasteiger partial charge in [0.05, 0.1) is 6.10 Å². The van der Waals surface area contributed by atoms with Crippen LogP contribution in [-0.4, -0.2) is 42.1 Å². The van der Waals surface area contributed by atoms with Crippen molar-refractivity contribution in [2.75, 3.05) is 6.61 Å². The number of hydrogen-bond acceptors (Lipinski definition) is 6. The molecule has 196 valence electrons. The van der Waals surface area contributed by atoms with Gasteiger partial charge in [-0.25, -0.2) is 4.79 Å². The van der Waals surface area contributed by atoms with Crippen molar-refractivity contribution >= 4 is 28.7 Å². The van der Waals surface area contributed by atoms with Crippen molar-refractivity contribution in [3.63, 3.8) is 0 Å². The summed E-state index contributed by atoms with van der Waals surface area (Å²) in [5.74, 6) is -0.0611. The molecule has 0 saturated heterocycles. The molecule has 0 atom stereocenters. The Morgan fingerprint density at radius 3 is 2.46 bits per heavy atom. The SMILES string of the molecule is CC(C)(C)OC(=O)CO[C@H]1CC[C@H](NC(=O)c2cc3cc(C(=N)NCc4ccccc4)ccc3o2)CC1. The lowest BCUT2D eigenvalue weighted by atomic mass is 9.93. The second-order valence-corrected chi connectivity index (χ2v) is 10.4. The predicted molar refractivity (Wildman–Crippen MR) is 142 cm³/mol. The molecule has 0 bridgehead atoms. The molecule has 3 N–H and O–H groups in total. The second kappa shape index (κ2) is 11.6. The number of ether oxygens (including phenoxy) is 2. The molecule has 1 aromatic heterocycles. The third-order valence-electron chi connectivity index (χ3n) is 6.21. The number of furan rings is 1. The first kappa shape index (κ1) is 26.4. The Balaban J connectivity index is 1.26. The molecule has 1 aliphatic rings. The van der Waals surface area contributed by atoms with Gasteiger partial charge in [0.25, 0.3) is 5.91 Å². The van der Waals surface area contributed by atoms with Crippen LogP contribution in [0.2, 0.25) is 0 Å². The molecule has 37 heavy (non-hydrogen) atoms. The van der Waals surface area contributed by atoms with E-state index in [1.54, 1.807) is 12.1 Å². The Kier molecular flexibility index (Phi) is 8.28. The third kappa shape index (κ3) is 7.67. The molecule has 0 unspecified atom stereocenters. The number of rotatable bonds is 8. The zero-order valence-electron chi connectivity index (χ0n) is 21.6. The average Bonchev–Trinajstić information content (AvgIpc) is 3.30. The van der Waals surface area contributed by atoms with Crippen molar-refractivity contribution < 1.29 is 23.5 Å². The van der Waals surface area contributed by atoms with Crippen LogP contribution in [0.3, 0.4) is 0 Å². The number of hydrogen-bond donors (Lipinski definition) is 3. The monoisotopic (exact) mass is 505 g/mol. The maximum absolute atomic E-state index is 12.8. The van der Waals surface area contributed by atoms with Gasteiger partial charge in [0.15, 0.2) is 5.76 Å². The number of carbonyl (C=O) groups is 2. The van der Waals surface area contributed by atoms with Crippen molar-refractivity contribution in [2.24, 2.45) is 0 Å². The minimum Gasteiger partial charge on any atom is -0.458 e. The summed E-state index contributed by atoms with van der Waals surface area (Å²) in [4.78, 5) is 24.7. The van der Waals surface area contributed by atoms with E-state index in [2.05, 4.69) is 10.6 Å². The van der Waals surface area contributed by atoms with Crippen molar-refractivity contribution in [1.29, 1.82) is 5.41 Å². The zero-order chi connectivity index (χ0) is 26.4. The topological polar surface area (TPSA) is 114 Å². The van der Waals surface area contributed by atoms with Gasteiger partial charge in [0.2, 0.25) is 0 Å². The minimum absolute atomic E-state index is 0.0175. The number of fused-ring (bicyclic) bond motifs is 1. The first-order chi connectivity index (χ1) is 17.7. The quantitative estimate of drug-likeness (QED) is 0.227. The Bertz CT molecular complexity index is 1240. The summed E-state index contributed by atoms with van der Waals surface area (Å²) in [6.07, 6.45) is 3.03.